The minimum absolute atomic E-state index is 0.0893. The molecule has 15 heavy (non-hydrogen) atoms. The van der Waals surface area contributed by atoms with Crippen molar-refractivity contribution < 1.29 is 9.84 Å². The van der Waals surface area contributed by atoms with Crippen LogP contribution in [0.2, 0.25) is 0 Å². The van der Waals surface area contributed by atoms with Gasteiger partial charge in [-0.15, -0.1) is 0 Å². The lowest BCUT2D eigenvalue weighted by Gasteiger charge is -2.20. The predicted molar refractivity (Wildman–Crippen MR) is 60.8 cm³/mol. The number of para-hydroxylation sites is 1. The van der Waals surface area contributed by atoms with Gasteiger partial charge in [0.15, 0.2) is 0 Å². The van der Waals surface area contributed by atoms with Crippen LogP contribution in [0.5, 0.6) is 5.75 Å². The molecule has 0 saturated heterocycles. The summed E-state index contributed by atoms with van der Waals surface area (Å²) >= 11 is 0. The van der Waals surface area contributed by atoms with Gasteiger partial charge in [0.05, 0.1) is 12.2 Å². The highest BCUT2D eigenvalue weighted by atomic mass is 16.5. The molecule has 1 aromatic rings. The lowest BCUT2D eigenvalue weighted by molar-refractivity contribution is 0.144. The first-order valence-corrected chi connectivity index (χ1v) is 5.21. The molecule has 0 spiro atoms. The van der Waals surface area contributed by atoms with Gasteiger partial charge in [-0.2, -0.15) is 0 Å². The van der Waals surface area contributed by atoms with Gasteiger partial charge in [-0.25, -0.2) is 0 Å². The van der Waals surface area contributed by atoms with Crippen molar-refractivity contribution in [3.63, 3.8) is 0 Å². The Kier molecular flexibility index (Phi) is 4.12. The van der Waals surface area contributed by atoms with Crippen LogP contribution in [-0.2, 0) is 0 Å². The first-order valence-electron chi connectivity index (χ1n) is 5.21. The van der Waals surface area contributed by atoms with E-state index in [1.54, 1.807) is 6.92 Å². The number of hydrogen-bond acceptors (Lipinski definition) is 3. The summed E-state index contributed by atoms with van der Waals surface area (Å²) in [5.41, 5.74) is 6.41. The molecule has 0 aliphatic carbocycles. The number of rotatable bonds is 4. The monoisotopic (exact) mass is 209 g/mol. The molecule has 1 rings (SSSR count). The molecular formula is C12H19NO2. The van der Waals surface area contributed by atoms with E-state index in [-0.39, 0.29) is 12.1 Å². The number of benzene rings is 1. The van der Waals surface area contributed by atoms with E-state index in [1.165, 1.54) is 0 Å². The molecule has 0 amide bonds. The highest BCUT2D eigenvalue weighted by Crippen LogP contribution is 2.27. The Bertz CT molecular complexity index is 310. The Morgan fingerprint density at radius 3 is 2.33 bits per heavy atom. The second-order valence-corrected chi connectivity index (χ2v) is 4.01. The van der Waals surface area contributed by atoms with Crippen molar-refractivity contribution in [1.82, 2.24) is 0 Å². The van der Waals surface area contributed by atoms with E-state index in [0.29, 0.717) is 5.75 Å². The van der Waals surface area contributed by atoms with Crippen LogP contribution in [0.15, 0.2) is 24.3 Å². The molecule has 84 valence electrons. The average molecular weight is 209 g/mol. The third kappa shape index (κ3) is 3.22. The number of nitrogens with two attached hydrogens (primary N) is 1. The van der Waals surface area contributed by atoms with Crippen LogP contribution in [0.4, 0.5) is 0 Å². The van der Waals surface area contributed by atoms with Crippen molar-refractivity contribution in [2.75, 3.05) is 0 Å². The van der Waals surface area contributed by atoms with Crippen molar-refractivity contribution >= 4 is 0 Å². The lowest BCUT2D eigenvalue weighted by Crippen LogP contribution is -2.25. The largest absolute Gasteiger partial charge is 0.491 e. The first kappa shape index (κ1) is 12.0. The summed E-state index contributed by atoms with van der Waals surface area (Å²) in [5, 5.41) is 9.89. The standard InChI is InChI=1S/C12H19NO2/c1-8(2)15-11-7-5-4-6-10(11)12(14)9(3)13/h4-9,12,14H,13H2,1-3H3/t9-,12-/m1/s1. The van der Waals surface area contributed by atoms with Gasteiger partial charge in [0.25, 0.3) is 0 Å². The van der Waals surface area contributed by atoms with Gasteiger partial charge in [0.1, 0.15) is 5.75 Å². The molecule has 0 aromatic heterocycles. The van der Waals surface area contributed by atoms with Gasteiger partial charge in [-0.1, -0.05) is 18.2 Å². The van der Waals surface area contributed by atoms with Crippen molar-refractivity contribution in [2.45, 2.75) is 39.0 Å². The van der Waals surface area contributed by atoms with Crippen molar-refractivity contribution in [2.24, 2.45) is 5.73 Å². The minimum atomic E-state index is -0.681. The van der Waals surface area contributed by atoms with Gasteiger partial charge < -0.3 is 15.6 Å². The molecular weight excluding hydrogens is 190 g/mol. The number of hydrogen-bond donors (Lipinski definition) is 2. The molecule has 0 aliphatic rings. The number of ether oxygens (including phenoxy) is 1. The first-order chi connectivity index (χ1) is 7.02. The molecule has 0 bridgehead atoms. The van der Waals surface area contributed by atoms with Gasteiger partial charge >= 0.3 is 0 Å². The van der Waals surface area contributed by atoms with E-state index in [1.807, 2.05) is 38.1 Å². The maximum absolute atomic E-state index is 9.89. The van der Waals surface area contributed by atoms with E-state index in [2.05, 4.69) is 0 Å². The van der Waals surface area contributed by atoms with Crippen LogP contribution in [0.1, 0.15) is 32.4 Å². The third-order valence-electron chi connectivity index (χ3n) is 2.10. The fourth-order valence-electron chi connectivity index (χ4n) is 1.37. The van der Waals surface area contributed by atoms with Crippen LogP contribution in [-0.4, -0.2) is 17.3 Å². The Morgan fingerprint density at radius 2 is 1.80 bits per heavy atom. The van der Waals surface area contributed by atoms with Gasteiger partial charge in [0, 0.05) is 11.6 Å². The summed E-state index contributed by atoms with van der Waals surface area (Å²) in [5.74, 6) is 0.706. The van der Waals surface area contributed by atoms with Gasteiger partial charge in [0.2, 0.25) is 0 Å². The van der Waals surface area contributed by atoms with Crippen molar-refractivity contribution in [1.29, 1.82) is 0 Å². The zero-order chi connectivity index (χ0) is 11.4. The van der Waals surface area contributed by atoms with Crippen LogP contribution in [0, 0.1) is 0 Å². The molecule has 0 heterocycles. The molecule has 0 aliphatic heterocycles. The normalized spacial score (nSPS) is 15.1. The molecule has 3 N–H and O–H groups in total. The summed E-state index contributed by atoms with van der Waals surface area (Å²) in [7, 11) is 0. The van der Waals surface area contributed by atoms with Gasteiger partial charge in [-0.05, 0) is 26.8 Å². The minimum Gasteiger partial charge on any atom is -0.491 e. The molecule has 3 heteroatoms. The Hall–Kier alpha value is -1.06. The topological polar surface area (TPSA) is 55.5 Å². The summed E-state index contributed by atoms with van der Waals surface area (Å²) < 4.78 is 5.60. The maximum Gasteiger partial charge on any atom is 0.125 e. The van der Waals surface area contributed by atoms with Crippen LogP contribution < -0.4 is 10.5 Å². The molecule has 2 atom stereocenters. The fourth-order valence-corrected chi connectivity index (χ4v) is 1.37. The fraction of sp³-hybridized carbons (Fsp3) is 0.500. The zero-order valence-electron chi connectivity index (χ0n) is 9.47. The summed E-state index contributed by atoms with van der Waals surface area (Å²) in [4.78, 5) is 0. The number of aliphatic hydroxyl groups excluding tert-OH is 1. The van der Waals surface area contributed by atoms with Crippen molar-refractivity contribution in [3.05, 3.63) is 29.8 Å². The van der Waals surface area contributed by atoms with E-state index in [0.717, 1.165) is 5.56 Å². The molecule has 0 unspecified atom stereocenters. The van der Waals surface area contributed by atoms with Gasteiger partial charge in [-0.3, -0.25) is 0 Å². The summed E-state index contributed by atoms with van der Waals surface area (Å²) in [6.07, 6.45) is -0.591. The SMILES string of the molecule is CC(C)Oc1ccccc1[C@H](O)[C@@H](C)N. The molecule has 3 nitrogen and oxygen atoms in total. The van der Waals surface area contributed by atoms with E-state index in [4.69, 9.17) is 10.5 Å². The van der Waals surface area contributed by atoms with Crippen LogP contribution in [0.3, 0.4) is 0 Å². The van der Waals surface area contributed by atoms with E-state index in [9.17, 15) is 5.11 Å². The Balaban J connectivity index is 2.95. The molecule has 1 aromatic carbocycles. The molecule has 0 radical (unpaired) electrons. The second-order valence-electron chi connectivity index (χ2n) is 4.01. The smallest absolute Gasteiger partial charge is 0.125 e. The predicted octanol–water partition coefficient (Wildman–Crippen LogP) is 1.85. The highest BCUT2D eigenvalue weighted by molar-refractivity contribution is 5.35. The third-order valence-corrected chi connectivity index (χ3v) is 2.10. The summed E-state index contributed by atoms with van der Waals surface area (Å²) in [6, 6.07) is 7.14. The van der Waals surface area contributed by atoms with E-state index < -0.39 is 6.10 Å². The maximum atomic E-state index is 9.89. The molecule has 0 fully saturated rings. The second kappa shape index (κ2) is 5.14. The Labute approximate surface area is 90.9 Å². The van der Waals surface area contributed by atoms with Crippen molar-refractivity contribution in [3.8, 4) is 5.75 Å². The molecule has 0 saturated carbocycles. The lowest BCUT2D eigenvalue weighted by atomic mass is 10.0. The van der Waals surface area contributed by atoms with E-state index >= 15 is 0 Å². The average Bonchev–Trinajstić information content (AvgIpc) is 2.16. The Morgan fingerprint density at radius 1 is 1.20 bits per heavy atom. The quantitative estimate of drug-likeness (QED) is 0.795. The number of aliphatic hydroxyl groups is 1. The van der Waals surface area contributed by atoms with Crippen LogP contribution in [0.25, 0.3) is 0 Å². The zero-order valence-corrected chi connectivity index (χ0v) is 9.47. The van der Waals surface area contributed by atoms with Crippen LogP contribution >= 0.6 is 0 Å². The highest BCUT2D eigenvalue weighted by Gasteiger charge is 2.17. The summed E-state index contributed by atoms with van der Waals surface area (Å²) in [6.45, 7) is 5.68.